The second kappa shape index (κ2) is 10.0. The molecule has 2 fully saturated rings. The summed E-state index contributed by atoms with van der Waals surface area (Å²) in [7, 11) is 1.71. The predicted octanol–water partition coefficient (Wildman–Crippen LogP) is 3.97. The third-order valence-corrected chi connectivity index (χ3v) is 7.38. The minimum Gasteiger partial charge on any atom is -0.476 e. The van der Waals surface area contributed by atoms with E-state index in [2.05, 4.69) is 15.2 Å². The zero-order valence-electron chi connectivity index (χ0n) is 22.4. The van der Waals surface area contributed by atoms with E-state index in [0.29, 0.717) is 35.6 Å². The van der Waals surface area contributed by atoms with Gasteiger partial charge in [-0.3, -0.25) is 9.36 Å². The summed E-state index contributed by atoms with van der Waals surface area (Å²) in [4.78, 5) is 50.6. The van der Waals surface area contributed by atoms with E-state index in [1.165, 1.54) is 6.07 Å². The van der Waals surface area contributed by atoms with Crippen LogP contribution in [-0.2, 0) is 11.8 Å². The average molecular weight is 555 g/mol. The van der Waals surface area contributed by atoms with Gasteiger partial charge in [-0.1, -0.05) is 17.7 Å². The molecule has 5 rings (SSSR count). The zero-order valence-corrected chi connectivity index (χ0v) is 23.2. The number of aryl methyl sites for hydroxylation is 1. The quantitative estimate of drug-likeness (QED) is 0.435. The summed E-state index contributed by atoms with van der Waals surface area (Å²) in [6.07, 6.45) is 0.275. The largest absolute Gasteiger partial charge is 0.476 e. The first-order valence-corrected chi connectivity index (χ1v) is 13.3. The number of carboxylic acids is 1. The summed E-state index contributed by atoms with van der Waals surface area (Å²) in [6, 6.07) is 6.52. The number of hydrogen-bond donors (Lipinski definition) is 2. The zero-order chi connectivity index (χ0) is 28.2. The Bertz CT molecular complexity index is 1540. The van der Waals surface area contributed by atoms with Crippen molar-refractivity contribution < 1.29 is 19.4 Å². The standard InChI is InChI=1S/C27H31ClN6O5/c1-13(2)39-27(38)34-9-8-33(19-12-20(19)34)26-31-22-16(10-14(3)11-17(22)24(35)32(26)5)15(4)29-18-6-7-21(28)30-23(18)25(36)37/h6-7,10-11,13,15,19-20,29H,8-9,12H2,1-5H3,(H,36,37)/t15-,19+,20-/m1/s1. The number of nitrogens with one attached hydrogen (secondary N) is 1. The SMILES string of the molecule is Cc1cc([C@@H](C)Nc2ccc(Cl)nc2C(=O)O)c2nc(N3CCN(C(=O)OC(C)C)[C@@H]4C[C@@H]43)n(C)c(=O)c2c1. The van der Waals surface area contributed by atoms with Gasteiger partial charge >= 0.3 is 12.1 Å². The monoisotopic (exact) mass is 554 g/mol. The molecule has 1 amide bonds. The third-order valence-electron chi connectivity index (χ3n) is 7.17. The summed E-state index contributed by atoms with van der Waals surface area (Å²) in [5, 5.41) is 13.4. The van der Waals surface area contributed by atoms with Gasteiger partial charge in [-0.25, -0.2) is 19.6 Å². The van der Waals surface area contributed by atoms with E-state index in [4.69, 9.17) is 21.3 Å². The van der Waals surface area contributed by atoms with Gasteiger partial charge in [-0.2, -0.15) is 0 Å². The Balaban J connectivity index is 1.51. The molecule has 39 heavy (non-hydrogen) atoms. The number of carbonyl (C=O) groups excluding carboxylic acids is 1. The van der Waals surface area contributed by atoms with Crippen molar-refractivity contribution in [2.45, 2.75) is 58.3 Å². The molecule has 0 radical (unpaired) electrons. The number of pyridine rings is 1. The maximum atomic E-state index is 13.6. The van der Waals surface area contributed by atoms with Crippen LogP contribution in [0.2, 0.25) is 5.15 Å². The van der Waals surface area contributed by atoms with Crippen molar-refractivity contribution in [3.05, 3.63) is 56.6 Å². The Morgan fingerprint density at radius 1 is 1.15 bits per heavy atom. The molecule has 2 aliphatic rings. The smallest absolute Gasteiger partial charge is 0.410 e. The average Bonchev–Trinajstić information content (AvgIpc) is 3.67. The number of fused-ring (bicyclic) bond motifs is 2. The van der Waals surface area contributed by atoms with E-state index in [9.17, 15) is 19.5 Å². The minimum atomic E-state index is -1.20. The number of aromatic carboxylic acids is 1. The van der Waals surface area contributed by atoms with Gasteiger partial charge in [0.1, 0.15) is 5.15 Å². The number of piperazine rings is 1. The molecule has 1 saturated heterocycles. The number of nitrogens with zero attached hydrogens (tertiary/aromatic N) is 5. The maximum Gasteiger partial charge on any atom is 0.410 e. The predicted molar refractivity (Wildman–Crippen MR) is 148 cm³/mol. The molecule has 0 unspecified atom stereocenters. The third kappa shape index (κ3) is 4.98. The molecule has 1 aromatic carbocycles. The van der Waals surface area contributed by atoms with Gasteiger partial charge in [-0.05, 0) is 57.9 Å². The lowest BCUT2D eigenvalue weighted by Gasteiger charge is -2.35. The van der Waals surface area contributed by atoms with Crippen LogP contribution in [0.5, 0.6) is 0 Å². The van der Waals surface area contributed by atoms with E-state index in [0.717, 1.165) is 17.5 Å². The highest BCUT2D eigenvalue weighted by Crippen LogP contribution is 2.39. The van der Waals surface area contributed by atoms with Crippen molar-refractivity contribution in [1.29, 1.82) is 0 Å². The first-order valence-electron chi connectivity index (χ1n) is 12.9. The van der Waals surface area contributed by atoms with Gasteiger partial charge in [0, 0.05) is 25.7 Å². The number of halogens is 1. The van der Waals surface area contributed by atoms with Crippen molar-refractivity contribution >= 4 is 46.2 Å². The molecule has 12 heteroatoms. The number of carbonyl (C=O) groups is 2. The highest BCUT2D eigenvalue weighted by atomic mass is 35.5. The molecule has 2 N–H and O–H groups in total. The molecular weight excluding hydrogens is 524 g/mol. The van der Waals surface area contributed by atoms with E-state index in [1.807, 2.05) is 39.8 Å². The van der Waals surface area contributed by atoms with Crippen LogP contribution in [0.3, 0.4) is 0 Å². The molecule has 206 valence electrons. The molecule has 0 bridgehead atoms. The van der Waals surface area contributed by atoms with Crippen molar-refractivity contribution in [3.8, 4) is 0 Å². The lowest BCUT2D eigenvalue weighted by atomic mass is 10.0. The Kier molecular flexibility index (Phi) is 6.88. The number of benzene rings is 1. The van der Waals surface area contributed by atoms with Crippen molar-refractivity contribution in [1.82, 2.24) is 19.4 Å². The van der Waals surface area contributed by atoms with Crippen LogP contribution < -0.4 is 15.8 Å². The molecule has 1 saturated carbocycles. The molecule has 3 atom stereocenters. The second-order valence-corrected chi connectivity index (χ2v) is 10.8. The van der Waals surface area contributed by atoms with Crippen molar-refractivity contribution in [2.24, 2.45) is 7.05 Å². The molecule has 11 nitrogen and oxygen atoms in total. The van der Waals surface area contributed by atoms with E-state index < -0.39 is 12.0 Å². The number of rotatable bonds is 6. The second-order valence-electron chi connectivity index (χ2n) is 10.4. The Labute approximate surface area is 230 Å². The van der Waals surface area contributed by atoms with Crippen LogP contribution in [0.25, 0.3) is 10.9 Å². The molecule has 1 aliphatic heterocycles. The van der Waals surface area contributed by atoms with Gasteiger partial charge in [0.15, 0.2) is 5.69 Å². The van der Waals surface area contributed by atoms with Gasteiger partial charge in [0.2, 0.25) is 5.95 Å². The molecule has 0 spiro atoms. The van der Waals surface area contributed by atoms with E-state index in [-0.39, 0.29) is 40.7 Å². The summed E-state index contributed by atoms with van der Waals surface area (Å²) in [6.45, 7) is 8.43. The molecular formula is C27H31ClN6O5. The number of aromatic nitrogens is 3. The highest BCUT2D eigenvalue weighted by Gasteiger charge is 2.52. The van der Waals surface area contributed by atoms with Crippen molar-refractivity contribution in [3.63, 3.8) is 0 Å². The van der Waals surface area contributed by atoms with Gasteiger partial charge in [-0.15, -0.1) is 0 Å². The van der Waals surface area contributed by atoms with Crippen molar-refractivity contribution in [2.75, 3.05) is 23.3 Å². The van der Waals surface area contributed by atoms with Gasteiger partial charge in [0.05, 0.1) is 40.8 Å². The minimum absolute atomic E-state index is 0.0162. The number of amides is 1. The van der Waals surface area contributed by atoms with Crippen LogP contribution in [-0.4, -0.2) is 67.9 Å². The van der Waals surface area contributed by atoms with Gasteiger partial charge < -0.3 is 25.0 Å². The topological polar surface area (TPSA) is 130 Å². The van der Waals surface area contributed by atoms with Crippen LogP contribution >= 0.6 is 11.6 Å². The molecule has 3 heterocycles. The van der Waals surface area contributed by atoms with E-state index >= 15 is 0 Å². The summed E-state index contributed by atoms with van der Waals surface area (Å²) in [5.74, 6) is -0.667. The molecule has 3 aromatic rings. The fourth-order valence-corrected chi connectivity index (χ4v) is 5.43. The fourth-order valence-electron chi connectivity index (χ4n) is 5.28. The van der Waals surface area contributed by atoms with E-state index in [1.54, 1.807) is 22.6 Å². The summed E-state index contributed by atoms with van der Waals surface area (Å²) >= 11 is 5.92. The number of ether oxygens (including phenoxy) is 1. The number of hydrogen-bond acceptors (Lipinski definition) is 8. The summed E-state index contributed by atoms with van der Waals surface area (Å²) in [5.41, 5.74) is 2.11. The normalized spacial score (nSPS) is 19.2. The molecule has 1 aliphatic carbocycles. The Morgan fingerprint density at radius 2 is 1.90 bits per heavy atom. The van der Waals surface area contributed by atoms with Gasteiger partial charge in [0.25, 0.3) is 5.56 Å². The van der Waals surface area contributed by atoms with Crippen LogP contribution in [0, 0.1) is 6.92 Å². The fraction of sp³-hybridized carbons (Fsp3) is 0.444. The van der Waals surface area contributed by atoms with Crippen LogP contribution in [0.15, 0.2) is 29.1 Å². The summed E-state index contributed by atoms with van der Waals surface area (Å²) < 4.78 is 6.96. The number of anilines is 2. The lowest BCUT2D eigenvalue weighted by Crippen LogP contribution is -2.50. The Hall–Kier alpha value is -3.86. The molecule has 2 aromatic heterocycles. The maximum absolute atomic E-state index is 13.6. The first-order chi connectivity index (χ1) is 18.5. The van der Waals surface area contributed by atoms with Crippen LogP contribution in [0.4, 0.5) is 16.4 Å². The van der Waals surface area contributed by atoms with Crippen LogP contribution in [0.1, 0.15) is 54.8 Å². The number of carboxylic acid groups (broad SMARTS) is 1. The Morgan fingerprint density at radius 3 is 2.59 bits per heavy atom. The lowest BCUT2D eigenvalue weighted by molar-refractivity contribution is 0.0688. The first kappa shape index (κ1) is 26.7. The highest BCUT2D eigenvalue weighted by molar-refractivity contribution is 6.29.